The molecule has 0 aliphatic rings. The number of rotatable bonds is 8. The first kappa shape index (κ1) is 19.6. The molecular weight excluding hydrogens is 384 g/mol. The maximum absolute atomic E-state index is 10.2. The van der Waals surface area contributed by atoms with Crippen molar-refractivity contribution >= 4 is 34.5 Å². The molecule has 3 rings (SSSR count). The standard InChI is InChI=1S/C18H23ClN6OS/c1-2-20-18(22-12-13(26)14-8-9-15(19)27-14)21-10-5-7-17-24-23-16-6-3-4-11-25(16)17/h3-4,6,8-9,11,13,26H,2,5,7,10,12H2,1H3,(H2,20,21,22). The number of hydrogen-bond acceptors (Lipinski definition) is 5. The SMILES string of the molecule is CCNC(=NCC(O)c1ccc(Cl)s1)NCCCc1nnc2ccccn12. The van der Waals surface area contributed by atoms with Crippen LogP contribution in [-0.2, 0) is 6.42 Å². The highest BCUT2D eigenvalue weighted by Crippen LogP contribution is 2.26. The molecule has 7 nitrogen and oxygen atoms in total. The van der Waals surface area contributed by atoms with Gasteiger partial charge in [-0.25, -0.2) is 0 Å². The summed E-state index contributed by atoms with van der Waals surface area (Å²) in [5.41, 5.74) is 0.859. The highest BCUT2D eigenvalue weighted by atomic mass is 35.5. The number of aliphatic hydroxyl groups is 1. The second-order valence-corrected chi connectivity index (χ2v) is 7.70. The Kier molecular flexibility index (Phi) is 7.03. The quantitative estimate of drug-likeness (QED) is 0.304. The summed E-state index contributed by atoms with van der Waals surface area (Å²) in [6.07, 6.45) is 3.03. The van der Waals surface area contributed by atoms with Crippen LogP contribution in [0.1, 0.15) is 30.2 Å². The zero-order valence-corrected chi connectivity index (χ0v) is 16.7. The Labute approximate surface area is 167 Å². The molecule has 144 valence electrons. The second kappa shape index (κ2) is 9.68. The van der Waals surface area contributed by atoms with Gasteiger partial charge in [0.05, 0.1) is 10.9 Å². The van der Waals surface area contributed by atoms with E-state index in [0.29, 0.717) is 10.3 Å². The van der Waals surface area contributed by atoms with Gasteiger partial charge in [-0.3, -0.25) is 9.39 Å². The number of pyridine rings is 1. The van der Waals surface area contributed by atoms with Gasteiger partial charge in [0, 0.05) is 30.6 Å². The summed E-state index contributed by atoms with van der Waals surface area (Å²) in [6.45, 7) is 3.78. The zero-order valence-electron chi connectivity index (χ0n) is 15.1. The van der Waals surface area contributed by atoms with Gasteiger partial charge in [0.2, 0.25) is 0 Å². The van der Waals surface area contributed by atoms with E-state index in [2.05, 4.69) is 25.8 Å². The minimum Gasteiger partial charge on any atom is -0.386 e. The third kappa shape index (κ3) is 5.41. The molecule has 0 aliphatic heterocycles. The fourth-order valence-corrected chi connectivity index (χ4v) is 3.67. The molecule has 3 N–H and O–H groups in total. The van der Waals surface area contributed by atoms with Crippen LogP contribution in [0.25, 0.3) is 5.65 Å². The van der Waals surface area contributed by atoms with Crippen LogP contribution < -0.4 is 10.6 Å². The molecule has 3 aromatic heterocycles. The lowest BCUT2D eigenvalue weighted by atomic mass is 10.3. The maximum Gasteiger partial charge on any atom is 0.191 e. The Bertz CT molecular complexity index is 893. The molecule has 0 spiro atoms. The molecule has 0 aliphatic carbocycles. The van der Waals surface area contributed by atoms with E-state index >= 15 is 0 Å². The maximum atomic E-state index is 10.2. The number of thiophene rings is 1. The number of hydrogen-bond donors (Lipinski definition) is 3. The predicted molar refractivity (Wildman–Crippen MR) is 110 cm³/mol. The Morgan fingerprint density at radius 3 is 2.96 bits per heavy atom. The van der Waals surface area contributed by atoms with Crippen LogP contribution in [-0.4, -0.2) is 45.3 Å². The Balaban J connectivity index is 1.49. The fraction of sp³-hybridized carbons (Fsp3) is 0.389. The average molecular weight is 407 g/mol. The van der Waals surface area contributed by atoms with Gasteiger partial charge in [0.15, 0.2) is 11.6 Å². The monoisotopic (exact) mass is 406 g/mol. The lowest BCUT2D eigenvalue weighted by Gasteiger charge is -2.12. The molecule has 27 heavy (non-hydrogen) atoms. The van der Waals surface area contributed by atoms with Crippen LogP contribution in [0, 0.1) is 0 Å². The summed E-state index contributed by atoms with van der Waals surface area (Å²) >= 11 is 7.29. The first-order valence-electron chi connectivity index (χ1n) is 8.91. The first-order valence-corrected chi connectivity index (χ1v) is 10.1. The predicted octanol–water partition coefficient (Wildman–Crippen LogP) is 2.67. The van der Waals surface area contributed by atoms with Crippen molar-refractivity contribution in [2.24, 2.45) is 4.99 Å². The van der Waals surface area contributed by atoms with Crippen LogP contribution in [0.4, 0.5) is 0 Å². The van der Waals surface area contributed by atoms with Crippen molar-refractivity contribution < 1.29 is 5.11 Å². The summed E-state index contributed by atoms with van der Waals surface area (Å²) in [5, 5.41) is 25.1. The Morgan fingerprint density at radius 2 is 2.19 bits per heavy atom. The number of aliphatic imine (C=N–C) groups is 1. The smallest absolute Gasteiger partial charge is 0.191 e. The molecule has 0 saturated carbocycles. The van der Waals surface area contributed by atoms with Gasteiger partial charge in [-0.1, -0.05) is 17.7 Å². The number of guanidine groups is 1. The van der Waals surface area contributed by atoms with E-state index in [-0.39, 0.29) is 6.54 Å². The van der Waals surface area contributed by atoms with Crippen molar-refractivity contribution in [2.75, 3.05) is 19.6 Å². The highest BCUT2D eigenvalue weighted by molar-refractivity contribution is 7.16. The van der Waals surface area contributed by atoms with Crippen molar-refractivity contribution in [3.63, 3.8) is 0 Å². The van der Waals surface area contributed by atoms with Gasteiger partial charge in [0.1, 0.15) is 11.9 Å². The number of nitrogens with zero attached hydrogens (tertiary/aromatic N) is 4. The van der Waals surface area contributed by atoms with Gasteiger partial charge in [-0.05, 0) is 37.6 Å². The molecule has 3 heterocycles. The number of halogens is 1. The van der Waals surface area contributed by atoms with Crippen molar-refractivity contribution in [1.29, 1.82) is 0 Å². The molecule has 0 aromatic carbocycles. The van der Waals surface area contributed by atoms with Crippen LogP contribution in [0.3, 0.4) is 0 Å². The van der Waals surface area contributed by atoms with E-state index in [4.69, 9.17) is 11.6 Å². The van der Waals surface area contributed by atoms with Crippen LogP contribution in [0.2, 0.25) is 4.34 Å². The number of nitrogens with one attached hydrogen (secondary N) is 2. The Hall–Kier alpha value is -2.16. The topological polar surface area (TPSA) is 86.8 Å². The van der Waals surface area contributed by atoms with Gasteiger partial charge in [0.25, 0.3) is 0 Å². The van der Waals surface area contributed by atoms with Gasteiger partial charge < -0.3 is 15.7 Å². The third-order valence-corrected chi connectivity index (χ3v) is 5.28. The minimum atomic E-state index is -0.652. The van der Waals surface area contributed by atoms with E-state index in [1.54, 1.807) is 6.07 Å². The second-order valence-electron chi connectivity index (χ2n) is 5.95. The number of aromatic nitrogens is 3. The minimum absolute atomic E-state index is 0.279. The van der Waals surface area contributed by atoms with Gasteiger partial charge >= 0.3 is 0 Å². The van der Waals surface area contributed by atoms with Crippen molar-refractivity contribution in [3.8, 4) is 0 Å². The first-order chi connectivity index (χ1) is 13.2. The van der Waals surface area contributed by atoms with Gasteiger partial charge in [-0.15, -0.1) is 21.5 Å². The summed E-state index contributed by atoms with van der Waals surface area (Å²) in [7, 11) is 0. The molecule has 9 heteroatoms. The van der Waals surface area contributed by atoms with Gasteiger partial charge in [-0.2, -0.15) is 0 Å². The lowest BCUT2D eigenvalue weighted by molar-refractivity contribution is 0.191. The molecule has 0 radical (unpaired) electrons. The summed E-state index contributed by atoms with van der Waals surface area (Å²) < 4.78 is 2.67. The molecular formula is C18H23ClN6OS. The van der Waals surface area contributed by atoms with E-state index in [9.17, 15) is 5.11 Å². The largest absolute Gasteiger partial charge is 0.386 e. The molecule has 3 aromatic rings. The molecule has 0 bridgehead atoms. The summed E-state index contributed by atoms with van der Waals surface area (Å²) in [6, 6.07) is 9.48. The average Bonchev–Trinajstić information content (AvgIpc) is 3.29. The normalized spacial score (nSPS) is 13.1. The van der Waals surface area contributed by atoms with Crippen molar-refractivity contribution in [2.45, 2.75) is 25.9 Å². The molecule has 0 amide bonds. The highest BCUT2D eigenvalue weighted by Gasteiger charge is 2.10. The Morgan fingerprint density at radius 1 is 1.30 bits per heavy atom. The van der Waals surface area contributed by atoms with E-state index in [1.807, 2.05) is 41.8 Å². The van der Waals surface area contributed by atoms with Crippen LogP contribution in [0.5, 0.6) is 0 Å². The van der Waals surface area contributed by atoms with E-state index in [1.165, 1.54) is 11.3 Å². The van der Waals surface area contributed by atoms with E-state index in [0.717, 1.165) is 42.3 Å². The van der Waals surface area contributed by atoms with E-state index < -0.39 is 6.10 Å². The summed E-state index contributed by atoms with van der Waals surface area (Å²) in [4.78, 5) is 5.28. The molecule has 0 fully saturated rings. The fourth-order valence-electron chi connectivity index (χ4n) is 2.63. The van der Waals surface area contributed by atoms with Crippen molar-refractivity contribution in [3.05, 3.63) is 51.6 Å². The number of aryl methyl sites for hydroxylation is 1. The zero-order chi connectivity index (χ0) is 19.1. The molecule has 1 unspecified atom stereocenters. The van der Waals surface area contributed by atoms with Crippen molar-refractivity contribution in [1.82, 2.24) is 25.2 Å². The third-order valence-electron chi connectivity index (χ3n) is 3.94. The lowest BCUT2D eigenvalue weighted by Crippen LogP contribution is -2.38. The number of aliphatic hydroxyl groups excluding tert-OH is 1. The summed E-state index contributed by atoms with van der Waals surface area (Å²) in [5.74, 6) is 1.63. The molecule has 0 saturated heterocycles. The van der Waals surface area contributed by atoms with Crippen LogP contribution in [0.15, 0.2) is 41.5 Å². The number of fused-ring (bicyclic) bond motifs is 1. The van der Waals surface area contributed by atoms with Crippen LogP contribution >= 0.6 is 22.9 Å². The molecule has 1 atom stereocenters.